The number of hydrogen-bond donors (Lipinski definition) is 2. The largest absolute Gasteiger partial charge is 0.456 e. The number of hydrogen-bond acceptors (Lipinski definition) is 5. The monoisotopic (exact) mass is 395 g/mol. The van der Waals surface area contributed by atoms with Crippen molar-refractivity contribution in [3.63, 3.8) is 0 Å². The van der Waals surface area contributed by atoms with Gasteiger partial charge in [0.1, 0.15) is 11.8 Å². The zero-order valence-electron chi connectivity index (χ0n) is 13.3. The maximum absolute atomic E-state index is 9.53. The Bertz CT molecular complexity index is 976. The number of allylic oxidation sites excluding steroid dienone is 1. The molecule has 1 spiro atoms. The molecule has 124 valence electrons. The van der Waals surface area contributed by atoms with Crippen molar-refractivity contribution in [2.24, 2.45) is 5.73 Å². The molecule has 25 heavy (non-hydrogen) atoms. The van der Waals surface area contributed by atoms with E-state index in [2.05, 4.69) is 27.3 Å². The van der Waals surface area contributed by atoms with E-state index in [1.165, 1.54) is 0 Å². The van der Waals surface area contributed by atoms with Crippen molar-refractivity contribution >= 4 is 21.6 Å². The second-order valence-corrected chi connectivity index (χ2v) is 6.73. The molecular weight excluding hydrogens is 382 g/mol. The molecule has 6 heteroatoms. The first-order valence-electron chi connectivity index (χ1n) is 7.66. The molecule has 2 aliphatic heterocycles. The third-order valence-corrected chi connectivity index (χ3v) is 4.73. The molecule has 3 N–H and O–H groups in total. The van der Waals surface area contributed by atoms with Crippen molar-refractivity contribution in [3.8, 4) is 22.9 Å². The predicted molar refractivity (Wildman–Crippen MR) is 98.2 cm³/mol. The van der Waals surface area contributed by atoms with E-state index in [0.717, 1.165) is 21.3 Å². The lowest BCUT2D eigenvalue weighted by Gasteiger charge is -2.30. The van der Waals surface area contributed by atoms with Crippen LogP contribution in [0.25, 0.3) is 11.1 Å². The molecule has 0 unspecified atom stereocenters. The number of fused-ring (bicyclic) bond motifs is 1. The van der Waals surface area contributed by atoms with Gasteiger partial charge >= 0.3 is 0 Å². The number of nitrogens with zero attached hydrogens (tertiary/aromatic N) is 1. The van der Waals surface area contributed by atoms with Gasteiger partial charge in [-0.25, -0.2) is 0 Å². The minimum Gasteiger partial charge on any atom is -0.456 e. The Morgan fingerprint density at radius 3 is 2.68 bits per heavy atom. The number of anilines is 1. The van der Waals surface area contributed by atoms with Crippen molar-refractivity contribution in [2.45, 2.75) is 12.6 Å². The number of benzene rings is 2. The van der Waals surface area contributed by atoms with Crippen molar-refractivity contribution in [3.05, 3.63) is 70.2 Å². The third kappa shape index (κ3) is 2.44. The molecule has 0 aromatic heterocycles. The zero-order valence-corrected chi connectivity index (χ0v) is 14.9. The van der Waals surface area contributed by atoms with E-state index in [4.69, 9.17) is 15.2 Å². The number of nitrogens with one attached hydrogen (secondary N) is 1. The summed E-state index contributed by atoms with van der Waals surface area (Å²) in [5, 5.41) is 12.8. The standard InChI is InChI=1S/C19H14BrN3O2/c1-11-9-19(14(10-21)18(22)24-11)23-16-8-13(7-15(20)17(16)25-19)12-5-3-2-4-6-12/h2-9,23H,22H2,1H3/t19-/m1/s1. The summed E-state index contributed by atoms with van der Waals surface area (Å²) in [6, 6.07) is 16.1. The summed E-state index contributed by atoms with van der Waals surface area (Å²) in [6.07, 6.45) is 1.72. The fraction of sp³-hybridized carbons (Fsp3) is 0.105. The lowest BCUT2D eigenvalue weighted by Crippen LogP contribution is -2.44. The summed E-state index contributed by atoms with van der Waals surface area (Å²) in [6.45, 7) is 1.77. The van der Waals surface area contributed by atoms with E-state index in [-0.39, 0.29) is 11.5 Å². The van der Waals surface area contributed by atoms with E-state index in [1.807, 2.05) is 42.5 Å². The average Bonchev–Trinajstić information content (AvgIpc) is 2.94. The highest BCUT2D eigenvalue weighted by Crippen LogP contribution is 2.48. The van der Waals surface area contributed by atoms with Crippen LogP contribution in [0.15, 0.2) is 70.2 Å². The highest BCUT2D eigenvalue weighted by Gasteiger charge is 2.46. The number of rotatable bonds is 1. The third-order valence-electron chi connectivity index (χ3n) is 4.14. The van der Waals surface area contributed by atoms with Crippen LogP contribution >= 0.6 is 15.9 Å². The van der Waals surface area contributed by atoms with Crippen molar-refractivity contribution in [2.75, 3.05) is 5.32 Å². The van der Waals surface area contributed by atoms with E-state index < -0.39 is 5.72 Å². The maximum Gasteiger partial charge on any atom is 0.245 e. The summed E-state index contributed by atoms with van der Waals surface area (Å²) >= 11 is 3.57. The second-order valence-electron chi connectivity index (χ2n) is 5.87. The Labute approximate surface area is 153 Å². The molecule has 2 aromatic rings. The van der Waals surface area contributed by atoms with Crippen LogP contribution in [0.4, 0.5) is 5.69 Å². The molecule has 0 amide bonds. The van der Waals surface area contributed by atoms with Gasteiger partial charge in [0.2, 0.25) is 11.6 Å². The number of halogens is 1. The minimum absolute atomic E-state index is 0.0437. The van der Waals surface area contributed by atoms with Crippen LogP contribution < -0.4 is 15.8 Å². The Morgan fingerprint density at radius 2 is 1.96 bits per heavy atom. The lowest BCUT2D eigenvalue weighted by molar-refractivity contribution is 0.174. The van der Waals surface area contributed by atoms with Gasteiger partial charge in [-0.05, 0) is 46.1 Å². The predicted octanol–water partition coefficient (Wildman–Crippen LogP) is 4.24. The molecule has 0 radical (unpaired) electrons. The molecule has 2 aromatic carbocycles. The summed E-state index contributed by atoms with van der Waals surface area (Å²) in [4.78, 5) is 0. The van der Waals surface area contributed by atoms with Crippen LogP contribution in [-0.2, 0) is 4.74 Å². The fourth-order valence-corrected chi connectivity index (χ4v) is 3.63. The molecule has 0 fully saturated rings. The van der Waals surface area contributed by atoms with E-state index in [0.29, 0.717) is 11.5 Å². The van der Waals surface area contributed by atoms with Gasteiger partial charge in [-0.2, -0.15) is 5.26 Å². The Balaban J connectivity index is 1.82. The molecule has 5 nitrogen and oxygen atoms in total. The molecule has 0 saturated heterocycles. The van der Waals surface area contributed by atoms with Gasteiger partial charge in [0.15, 0.2) is 11.3 Å². The number of nitriles is 1. The van der Waals surface area contributed by atoms with Crippen molar-refractivity contribution in [1.82, 2.24) is 0 Å². The van der Waals surface area contributed by atoms with Crippen LogP contribution in [-0.4, -0.2) is 5.72 Å². The summed E-state index contributed by atoms with van der Waals surface area (Å²) in [5.41, 5.74) is 7.83. The summed E-state index contributed by atoms with van der Waals surface area (Å²) < 4.78 is 12.3. The second kappa shape index (κ2) is 5.57. The Kier molecular flexibility index (Phi) is 3.48. The number of nitrogens with two attached hydrogens (primary N) is 1. The smallest absolute Gasteiger partial charge is 0.245 e. The molecule has 4 rings (SSSR count). The van der Waals surface area contributed by atoms with Crippen LogP contribution in [0.2, 0.25) is 0 Å². The zero-order chi connectivity index (χ0) is 17.6. The average molecular weight is 396 g/mol. The van der Waals surface area contributed by atoms with Gasteiger partial charge in [0, 0.05) is 6.08 Å². The fourth-order valence-electron chi connectivity index (χ4n) is 3.09. The lowest BCUT2D eigenvalue weighted by atomic mass is 10.0. The van der Waals surface area contributed by atoms with Gasteiger partial charge in [0.25, 0.3) is 0 Å². The summed E-state index contributed by atoms with van der Waals surface area (Å²) in [5.74, 6) is 1.24. The molecule has 0 aliphatic carbocycles. The first-order chi connectivity index (χ1) is 12.0. The summed E-state index contributed by atoms with van der Waals surface area (Å²) in [7, 11) is 0. The Hall–Kier alpha value is -2.91. The molecule has 2 aliphatic rings. The highest BCUT2D eigenvalue weighted by atomic mass is 79.9. The van der Waals surface area contributed by atoms with E-state index in [1.54, 1.807) is 13.0 Å². The molecule has 0 bridgehead atoms. The Morgan fingerprint density at radius 1 is 1.20 bits per heavy atom. The SMILES string of the molecule is CC1=C[C@]2(Nc3cc(-c4ccccc4)cc(Br)c3O2)C(C#N)=C(N)O1. The quantitative estimate of drug-likeness (QED) is 0.754. The first kappa shape index (κ1) is 15.6. The van der Waals surface area contributed by atoms with Crippen LogP contribution in [0.3, 0.4) is 0 Å². The highest BCUT2D eigenvalue weighted by molar-refractivity contribution is 9.10. The van der Waals surface area contributed by atoms with Crippen molar-refractivity contribution in [1.29, 1.82) is 5.26 Å². The molecule has 0 saturated carbocycles. The van der Waals surface area contributed by atoms with Gasteiger partial charge in [-0.3, -0.25) is 0 Å². The van der Waals surface area contributed by atoms with E-state index >= 15 is 0 Å². The van der Waals surface area contributed by atoms with Crippen LogP contribution in [0.5, 0.6) is 5.75 Å². The maximum atomic E-state index is 9.53. The molecule has 2 heterocycles. The normalized spacial score (nSPS) is 20.9. The van der Waals surface area contributed by atoms with Gasteiger partial charge in [0.05, 0.1) is 10.2 Å². The van der Waals surface area contributed by atoms with Crippen molar-refractivity contribution < 1.29 is 9.47 Å². The minimum atomic E-state index is -1.15. The molecule has 1 atom stereocenters. The van der Waals surface area contributed by atoms with Crippen LogP contribution in [0, 0.1) is 11.3 Å². The first-order valence-corrected chi connectivity index (χ1v) is 8.45. The van der Waals surface area contributed by atoms with Gasteiger partial charge < -0.3 is 20.5 Å². The van der Waals surface area contributed by atoms with Gasteiger partial charge in [-0.1, -0.05) is 30.3 Å². The van der Waals surface area contributed by atoms with Crippen LogP contribution in [0.1, 0.15) is 6.92 Å². The number of ether oxygens (including phenoxy) is 2. The molecular formula is C19H14BrN3O2. The van der Waals surface area contributed by atoms with E-state index in [9.17, 15) is 5.26 Å². The van der Waals surface area contributed by atoms with Gasteiger partial charge in [-0.15, -0.1) is 0 Å². The topological polar surface area (TPSA) is 80.3 Å².